The first-order valence-corrected chi connectivity index (χ1v) is 14.3. The summed E-state index contributed by atoms with van der Waals surface area (Å²) in [6.07, 6.45) is 15.9. The molecular weight excluding hydrogens is 502 g/mol. The molecular formula is C32H32FeP2. The summed E-state index contributed by atoms with van der Waals surface area (Å²) in [5.74, 6) is 0. The summed E-state index contributed by atoms with van der Waals surface area (Å²) in [5, 5.41) is 4.55. The first kappa shape index (κ1) is 29.3. The largest absolute Gasteiger partial charge is 2.00 e. The minimum atomic E-state index is -0.666. The monoisotopic (exact) mass is 534 g/mol. The van der Waals surface area contributed by atoms with E-state index in [1.807, 2.05) is 0 Å². The Kier molecular flexibility index (Phi) is 10.8. The van der Waals surface area contributed by atoms with Crippen molar-refractivity contribution in [2.75, 3.05) is 0 Å². The molecule has 1 aromatic rings. The fourth-order valence-corrected chi connectivity index (χ4v) is 12.1. The molecule has 3 heteroatoms. The quantitative estimate of drug-likeness (QED) is 0.154. The van der Waals surface area contributed by atoms with Gasteiger partial charge in [0.1, 0.15) is 0 Å². The molecule has 0 saturated carbocycles. The van der Waals surface area contributed by atoms with Crippen molar-refractivity contribution < 1.29 is 17.1 Å². The Balaban J connectivity index is 0.000000640. The van der Waals surface area contributed by atoms with Gasteiger partial charge in [0.25, 0.3) is 0 Å². The van der Waals surface area contributed by atoms with E-state index in [1.165, 1.54) is 21.5 Å². The molecule has 0 saturated heterocycles. The van der Waals surface area contributed by atoms with Gasteiger partial charge in [-0.15, -0.1) is 23.9 Å². The van der Waals surface area contributed by atoms with Gasteiger partial charge in [-0.1, -0.05) is 98.2 Å². The molecule has 0 aromatic heterocycles. The summed E-state index contributed by atoms with van der Waals surface area (Å²) < 4.78 is 0. The van der Waals surface area contributed by atoms with Crippen LogP contribution in [0.4, 0.5) is 0 Å². The van der Waals surface area contributed by atoms with Crippen molar-refractivity contribution in [3.63, 3.8) is 0 Å². The van der Waals surface area contributed by atoms with E-state index in [9.17, 15) is 0 Å². The number of hydrogen-bond acceptors (Lipinski definition) is 0. The fraction of sp³-hybridized carbons (Fsp3) is 0.312. The predicted molar refractivity (Wildman–Crippen MR) is 149 cm³/mol. The van der Waals surface area contributed by atoms with Crippen molar-refractivity contribution >= 4 is 21.1 Å². The average molecular weight is 534 g/mol. The van der Waals surface area contributed by atoms with Gasteiger partial charge in [-0.2, -0.15) is 24.6 Å². The maximum Gasteiger partial charge on any atom is 2.00 e. The summed E-state index contributed by atoms with van der Waals surface area (Å²) in [5.41, 5.74) is 19.5. The van der Waals surface area contributed by atoms with E-state index in [-0.39, 0.29) is 35.3 Å². The zero-order valence-electron chi connectivity index (χ0n) is 21.6. The Morgan fingerprint density at radius 2 is 1.60 bits per heavy atom. The fourth-order valence-electron chi connectivity index (χ4n) is 4.78. The third-order valence-corrected chi connectivity index (χ3v) is 11.8. The number of hydrogen-bond donors (Lipinski definition) is 0. The van der Waals surface area contributed by atoms with E-state index >= 15 is 0 Å². The Labute approximate surface area is 226 Å². The second-order valence-corrected chi connectivity index (χ2v) is 16.5. The molecule has 0 heterocycles. The molecule has 2 radical (unpaired) electrons. The molecule has 3 aliphatic rings. The SMILES string of the molecule is CC(C1=C=C=C=C1P(C1=C[CH]C=C[CH-]1)c1ccccc1)P(C(C)(C)C)C(C)(C)C.[C]1=C=C=C=[C-]1.[Fe+2]. The van der Waals surface area contributed by atoms with E-state index in [1.54, 1.807) is 0 Å². The summed E-state index contributed by atoms with van der Waals surface area (Å²) >= 11 is 0. The zero-order valence-corrected chi connectivity index (χ0v) is 24.5. The first-order valence-electron chi connectivity index (χ1n) is 11.6. The molecule has 0 fully saturated rings. The standard InChI is InChI=1S/C27H32P2.C5.Fe/c1-21(29(26(2,3)4)27(5,6)7)24-19-14-20-25(24)28(22-15-10-8-11-16-22)23-17-12-9-13-18-23;1-2-4-5-3-1;/h8-13,15-18,21H,1-7H3;;/q2*-1;+2. The van der Waals surface area contributed by atoms with Crippen molar-refractivity contribution in [1.29, 1.82) is 0 Å². The van der Waals surface area contributed by atoms with Crippen LogP contribution >= 0.6 is 15.8 Å². The molecule has 0 N–H and O–H groups in total. The Morgan fingerprint density at radius 3 is 2.09 bits per heavy atom. The third-order valence-electron chi connectivity index (χ3n) is 5.45. The molecule has 178 valence electrons. The minimum absolute atomic E-state index is 0. The van der Waals surface area contributed by atoms with Gasteiger partial charge in [0, 0.05) is 16.5 Å². The van der Waals surface area contributed by atoms with E-state index < -0.39 is 7.92 Å². The van der Waals surface area contributed by atoms with Gasteiger partial charge < -0.3 is 0 Å². The molecule has 0 bridgehead atoms. The van der Waals surface area contributed by atoms with Crippen LogP contribution in [0.25, 0.3) is 0 Å². The zero-order chi connectivity index (χ0) is 24.8. The van der Waals surface area contributed by atoms with Crippen LogP contribution in [0.1, 0.15) is 48.5 Å². The van der Waals surface area contributed by atoms with Crippen molar-refractivity contribution in [2.24, 2.45) is 0 Å². The van der Waals surface area contributed by atoms with Gasteiger partial charge >= 0.3 is 17.1 Å². The van der Waals surface area contributed by atoms with E-state index in [0.717, 1.165) is 0 Å². The molecule has 0 spiro atoms. The maximum atomic E-state index is 3.50. The van der Waals surface area contributed by atoms with Crippen LogP contribution in [0.15, 0.2) is 99.1 Å². The van der Waals surface area contributed by atoms with Crippen LogP contribution in [-0.2, 0) is 17.1 Å². The normalized spacial score (nSPS) is 16.7. The van der Waals surface area contributed by atoms with Crippen LogP contribution in [0, 0.1) is 25.0 Å². The second kappa shape index (κ2) is 12.9. The molecule has 3 aliphatic carbocycles. The topological polar surface area (TPSA) is 0 Å². The van der Waals surface area contributed by atoms with Crippen LogP contribution in [0.5, 0.6) is 0 Å². The Hall–Kier alpha value is -1.89. The molecule has 0 aliphatic heterocycles. The van der Waals surface area contributed by atoms with Gasteiger partial charge in [-0.05, 0) is 29.3 Å². The molecule has 35 heavy (non-hydrogen) atoms. The third kappa shape index (κ3) is 7.80. The average Bonchev–Trinajstić information content (AvgIpc) is 3.49. The number of rotatable bonds is 5. The van der Waals surface area contributed by atoms with Crippen LogP contribution < -0.4 is 5.30 Å². The number of allylic oxidation sites excluding steroid dienone is 8. The Bertz CT molecular complexity index is 1210. The maximum absolute atomic E-state index is 3.50. The molecule has 0 nitrogen and oxygen atoms in total. The summed E-state index contributed by atoms with van der Waals surface area (Å²) in [6, 6.07) is 10.9. The smallest absolute Gasteiger partial charge is 0.288 e. The molecule has 4 rings (SSSR count). The summed E-state index contributed by atoms with van der Waals surface area (Å²) in [7, 11) is -0.961. The minimum Gasteiger partial charge on any atom is -0.288 e. The van der Waals surface area contributed by atoms with Crippen molar-refractivity contribution in [3.8, 4) is 0 Å². The van der Waals surface area contributed by atoms with E-state index in [0.29, 0.717) is 5.66 Å². The van der Waals surface area contributed by atoms with Crippen LogP contribution in [-0.4, -0.2) is 16.0 Å². The van der Waals surface area contributed by atoms with Crippen LogP contribution in [0.2, 0.25) is 0 Å². The summed E-state index contributed by atoms with van der Waals surface area (Å²) in [6.45, 7) is 16.8. The molecule has 2 unspecified atom stereocenters. The van der Waals surface area contributed by atoms with Crippen LogP contribution in [0.3, 0.4) is 0 Å². The number of benzene rings is 1. The van der Waals surface area contributed by atoms with Gasteiger partial charge in [0.05, 0.1) is 0 Å². The second-order valence-electron chi connectivity index (χ2n) is 10.2. The van der Waals surface area contributed by atoms with E-state index in [2.05, 4.69) is 156 Å². The molecule has 1 aromatic carbocycles. The van der Waals surface area contributed by atoms with Gasteiger partial charge in [0.2, 0.25) is 0 Å². The van der Waals surface area contributed by atoms with Crippen molar-refractivity contribution in [1.82, 2.24) is 0 Å². The van der Waals surface area contributed by atoms with Crippen molar-refractivity contribution in [3.05, 3.63) is 124 Å². The Morgan fingerprint density at radius 1 is 0.914 bits per heavy atom. The van der Waals surface area contributed by atoms with Gasteiger partial charge in [-0.3, -0.25) is 11.5 Å². The van der Waals surface area contributed by atoms with Gasteiger partial charge in [-0.25, -0.2) is 5.73 Å². The van der Waals surface area contributed by atoms with E-state index in [4.69, 9.17) is 0 Å². The summed E-state index contributed by atoms with van der Waals surface area (Å²) in [4.78, 5) is 0. The van der Waals surface area contributed by atoms with Gasteiger partial charge in [0.15, 0.2) is 0 Å². The molecule has 2 atom stereocenters. The predicted octanol–water partition coefficient (Wildman–Crippen LogP) is 8.48. The first-order chi connectivity index (χ1) is 16.1. The van der Waals surface area contributed by atoms with Crippen molar-refractivity contribution in [2.45, 2.75) is 64.4 Å². The molecule has 0 amide bonds.